The highest BCUT2D eigenvalue weighted by atomic mass is 16.5. The van der Waals surface area contributed by atoms with Crippen molar-refractivity contribution in [1.82, 2.24) is 0 Å². The van der Waals surface area contributed by atoms with Crippen molar-refractivity contribution in [3.8, 4) is 11.5 Å². The summed E-state index contributed by atoms with van der Waals surface area (Å²) in [5, 5.41) is 0. The van der Waals surface area contributed by atoms with Gasteiger partial charge in [-0.05, 0) is 23.8 Å². The van der Waals surface area contributed by atoms with E-state index in [9.17, 15) is 4.79 Å². The molecule has 0 bridgehead atoms. The predicted octanol–water partition coefficient (Wildman–Crippen LogP) is 3.96. The van der Waals surface area contributed by atoms with Gasteiger partial charge in [-0.2, -0.15) is 0 Å². The molecule has 0 saturated carbocycles. The van der Waals surface area contributed by atoms with Gasteiger partial charge in [0.2, 0.25) is 0 Å². The highest BCUT2D eigenvalue weighted by Crippen LogP contribution is 2.26. The number of carbonyl (C=O) groups is 1. The van der Waals surface area contributed by atoms with E-state index < -0.39 is 0 Å². The standard InChI is InChI=1S/C18H18O3/c1-2-18(15-8-4-3-5-9-15)21-17-11-6-10-16(14-17)20-13-7-12-19/h2-6,8-12,14,18H,1,7,13H2. The SMILES string of the molecule is C=CC(Oc1cccc(OCCC=O)c1)c1ccccc1. The summed E-state index contributed by atoms with van der Waals surface area (Å²) < 4.78 is 11.4. The molecular weight excluding hydrogens is 264 g/mol. The van der Waals surface area contributed by atoms with Crippen molar-refractivity contribution >= 4 is 6.29 Å². The molecule has 0 saturated heterocycles. The second-order valence-electron chi connectivity index (χ2n) is 4.46. The molecule has 0 radical (unpaired) electrons. The maximum absolute atomic E-state index is 10.3. The molecule has 0 N–H and O–H groups in total. The van der Waals surface area contributed by atoms with Crippen LogP contribution in [0.15, 0.2) is 67.3 Å². The monoisotopic (exact) mass is 282 g/mol. The van der Waals surface area contributed by atoms with Crippen molar-refractivity contribution in [2.75, 3.05) is 6.61 Å². The topological polar surface area (TPSA) is 35.5 Å². The molecule has 0 aliphatic heterocycles. The highest BCUT2D eigenvalue weighted by molar-refractivity contribution is 5.49. The third-order valence-electron chi connectivity index (χ3n) is 2.92. The van der Waals surface area contributed by atoms with E-state index in [2.05, 4.69) is 6.58 Å². The van der Waals surface area contributed by atoms with E-state index in [1.165, 1.54) is 0 Å². The molecular formula is C18H18O3. The van der Waals surface area contributed by atoms with Crippen LogP contribution in [0.2, 0.25) is 0 Å². The summed E-state index contributed by atoms with van der Waals surface area (Å²) in [4.78, 5) is 10.3. The first-order chi connectivity index (χ1) is 10.3. The van der Waals surface area contributed by atoms with Crippen LogP contribution < -0.4 is 9.47 Å². The average molecular weight is 282 g/mol. The van der Waals surface area contributed by atoms with Crippen LogP contribution in [0.3, 0.4) is 0 Å². The third kappa shape index (κ3) is 4.49. The zero-order chi connectivity index (χ0) is 14.9. The Morgan fingerprint density at radius 1 is 1.05 bits per heavy atom. The molecule has 3 nitrogen and oxygen atoms in total. The van der Waals surface area contributed by atoms with Crippen LogP contribution in [0.5, 0.6) is 11.5 Å². The van der Waals surface area contributed by atoms with Gasteiger partial charge in [0.05, 0.1) is 6.61 Å². The van der Waals surface area contributed by atoms with E-state index in [0.29, 0.717) is 24.5 Å². The number of hydrogen-bond donors (Lipinski definition) is 0. The second kappa shape index (κ2) is 7.90. The molecule has 0 aliphatic rings. The Kier molecular flexibility index (Phi) is 5.59. The molecule has 0 aromatic heterocycles. The molecule has 2 aromatic carbocycles. The molecule has 0 heterocycles. The molecule has 108 valence electrons. The summed E-state index contributed by atoms with van der Waals surface area (Å²) in [5.74, 6) is 1.39. The van der Waals surface area contributed by atoms with E-state index in [1.807, 2.05) is 54.6 Å². The maximum Gasteiger partial charge on any atom is 0.142 e. The number of carbonyl (C=O) groups excluding carboxylic acids is 1. The summed E-state index contributed by atoms with van der Waals surface area (Å²) in [5.41, 5.74) is 1.04. The molecule has 1 unspecified atom stereocenters. The smallest absolute Gasteiger partial charge is 0.142 e. The van der Waals surface area contributed by atoms with Crippen LogP contribution in [-0.4, -0.2) is 12.9 Å². The van der Waals surface area contributed by atoms with Gasteiger partial charge < -0.3 is 14.3 Å². The van der Waals surface area contributed by atoms with E-state index in [0.717, 1.165) is 11.8 Å². The first-order valence-electron chi connectivity index (χ1n) is 6.84. The van der Waals surface area contributed by atoms with Crippen LogP contribution in [0, 0.1) is 0 Å². The first-order valence-corrected chi connectivity index (χ1v) is 6.84. The summed E-state index contributed by atoms with van der Waals surface area (Å²) >= 11 is 0. The van der Waals surface area contributed by atoms with Gasteiger partial charge in [-0.3, -0.25) is 0 Å². The fraction of sp³-hybridized carbons (Fsp3) is 0.167. The third-order valence-corrected chi connectivity index (χ3v) is 2.92. The first kappa shape index (κ1) is 14.9. The number of ether oxygens (including phenoxy) is 2. The lowest BCUT2D eigenvalue weighted by Crippen LogP contribution is -2.04. The Balaban J connectivity index is 2.05. The largest absolute Gasteiger partial charge is 0.493 e. The Hall–Kier alpha value is -2.55. The van der Waals surface area contributed by atoms with Crippen molar-refractivity contribution < 1.29 is 14.3 Å². The molecule has 0 aliphatic carbocycles. The highest BCUT2D eigenvalue weighted by Gasteiger charge is 2.09. The van der Waals surface area contributed by atoms with Crippen molar-refractivity contribution in [3.63, 3.8) is 0 Å². The van der Waals surface area contributed by atoms with Crippen molar-refractivity contribution in [3.05, 3.63) is 72.8 Å². The minimum atomic E-state index is -0.212. The van der Waals surface area contributed by atoms with Gasteiger partial charge in [0, 0.05) is 12.5 Å². The number of benzene rings is 2. The van der Waals surface area contributed by atoms with Crippen LogP contribution >= 0.6 is 0 Å². The van der Waals surface area contributed by atoms with Crippen molar-refractivity contribution in [2.24, 2.45) is 0 Å². The zero-order valence-electron chi connectivity index (χ0n) is 11.8. The molecule has 3 heteroatoms. The van der Waals surface area contributed by atoms with Gasteiger partial charge in [0.25, 0.3) is 0 Å². The van der Waals surface area contributed by atoms with Crippen LogP contribution in [-0.2, 0) is 4.79 Å². The lowest BCUT2D eigenvalue weighted by molar-refractivity contribution is -0.108. The molecule has 0 fully saturated rings. The predicted molar refractivity (Wildman–Crippen MR) is 82.6 cm³/mol. The van der Waals surface area contributed by atoms with Crippen molar-refractivity contribution in [1.29, 1.82) is 0 Å². The Labute approximate surface area is 124 Å². The van der Waals surface area contributed by atoms with Crippen molar-refractivity contribution in [2.45, 2.75) is 12.5 Å². The fourth-order valence-electron chi connectivity index (χ4n) is 1.90. The molecule has 2 aromatic rings. The van der Waals surface area contributed by atoms with Gasteiger partial charge in [-0.25, -0.2) is 0 Å². The summed E-state index contributed by atoms with van der Waals surface area (Å²) in [6, 6.07) is 17.3. The van der Waals surface area contributed by atoms with Gasteiger partial charge in [-0.1, -0.05) is 43.0 Å². The zero-order valence-corrected chi connectivity index (χ0v) is 11.8. The molecule has 2 rings (SSSR count). The average Bonchev–Trinajstić information content (AvgIpc) is 2.54. The quantitative estimate of drug-likeness (QED) is 0.417. The Morgan fingerprint density at radius 3 is 2.52 bits per heavy atom. The van der Waals surface area contributed by atoms with Gasteiger partial charge >= 0.3 is 0 Å². The minimum Gasteiger partial charge on any atom is -0.493 e. The Bertz CT molecular complexity index is 578. The van der Waals surface area contributed by atoms with Gasteiger partial charge in [0.1, 0.15) is 23.9 Å². The Morgan fingerprint density at radius 2 is 1.81 bits per heavy atom. The molecule has 0 spiro atoms. The molecule has 0 amide bonds. The van der Waals surface area contributed by atoms with Crippen LogP contribution in [0.1, 0.15) is 18.1 Å². The van der Waals surface area contributed by atoms with Gasteiger partial charge in [-0.15, -0.1) is 0 Å². The summed E-state index contributed by atoms with van der Waals surface area (Å²) in [6.07, 6.45) is 2.76. The van der Waals surface area contributed by atoms with Crippen LogP contribution in [0.4, 0.5) is 0 Å². The fourth-order valence-corrected chi connectivity index (χ4v) is 1.90. The lowest BCUT2D eigenvalue weighted by Gasteiger charge is -2.16. The summed E-state index contributed by atoms with van der Waals surface area (Å²) in [7, 11) is 0. The van der Waals surface area contributed by atoms with Crippen LogP contribution in [0.25, 0.3) is 0 Å². The number of rotatable bonds is 8. The lowest BCUT2D eigenvalue weighted by atomic mass is 10.1. The minimum absolute atomic E-state index is 0.212. The van der Waals surface area contributed by atoms with Gasteiger partial charge in [0.15, 0.2) is 0 Å². The van der Waals surface area contributed by atoms with E-state index >= 15 is 0 Å². The number of hydrogen-bond acceptors (Lipinski definition) is 3. The molecule has 1 atom stereocenters. The van der Waals surface area contributed by atoms with E-state index in [4.69, 9.17) is 9.47 Å². The van der Waals surface area contributed by atoms with E-state index in [-0.39, 0.29) is 6.10 Å². The normalized spacial score (nSPS) is 11.4. The van der Waals surface area contributed by atoms with E-state index in [1.54, 1.807) is 6.08 Å². The maximum atomic E-state index is 10.3. The molecule has 21 heavy (non-hydrogen) atoms. The summed E-state index contributed by atoms with van der Waals surface area (Å²) in [6.45, 7) is 4.19. The number of aldehydes is 1. The second-order valence-corrected chi connectivity index (χ2v) is 4.46.